The quantitative estimate of drug-likeness (QED) is 0.0324. The number of amides is 1. The zero-order chi connectivity index (χ0) is 41.5. The third-order valence-corrected chi connectivity index (χ3v) is 10.8. The van der Waals surface area contributed by atoms with Crippen LogP contribution in [0.2, 0.25) is 0 Å². The standard InChI is InChI=1S/C51H93NO5/c1-3-5-7-9-11-13-15-16-18-22-25-29-33-37-41-45-51(56)57-46-42-38-34-30-26-23-20-17-19-21-24-28-32-36-40-44-50(55)52-48(47-53)49(54)43-39-35-31-27-14-12-10-8-6-4-2/h11,13,16,18,20,23,39,43,48-49,53-54H,3-10,12,14-15,17,19,21-22,24-38,40-42,44-47H2,1-2H3,(H,52,55)/b13-11-,18-16-,23-20-,43-39+. The average Bonchev–Trinajstić information content (AvgIpc) is 3.21. The smallest absolute Gasteiger partial charge is 0.305 e. The van der Waals surface area contributed by atoms with Crippen LogP contribution >= 0.6 is 0 Å². The summed E-state index contributed by atoms with van der Waals surface area (Å²) in [6.07, 6.45) is 56.7. The van der Waals surface area contributed by atoms with E-state index in [-0.39, 0.29) is 18.5 Å². The first-order chi connectivity index (χ1) is 28.0. The van der Waals surface area contributed by atoms with E-state index in [0.717, 1.165) is 83.5 Å². The van der Waals surface area contributed by atoms with Crippen molar-refractivity contribution in [2.75, 3.05) is 13.2 Å². The van der Waals surface area contributed by atoms with Gasteiger partial charge in [-0.25, -0.2) is 0 Å². The molecule has 0 fully saturated rings. The molecule has 3 N–H and O–H groups in total. The summed E-state index contributed by atoms with van der Waals surface area (Å²) in [6.45, 7) is 4.80. The molecule has 0 saturated heterocycles. The maximum absolute atomic E-state index is 12.4. The third-order valence-electron chi connectivity index (χ3n) is 10.8. The Balaban J connectivity index is 3.51. The number of carbonyl (C=O) groups is 2. The van der Waals surface area contributed by atoms with Crippen molar-refractivity contribution in [3.63, 3.8) is 0 Å². The number of carbonyl (C=O) groups excluding carboxylic acids is 2. The molecule has 0 aliphatic carbocycles. The van der Waals surface area contributed by atoms with E-state index in [1.807, 2.05) is 6.08 Å². The summed E-state index contributed by atoms with van der Waals surface area (Å²) in [7, 11) is 0. The van der Waals surface area contributed by atoms with Gasteiger partial charge in [0.25, 0.3) is 0 Å². The molecule has 0 heterocycles. The fraction of sp³-hybridized carbons (Fsp3) is 0.804. The molecule has 57 heavy (non-hydrogen) atoms. The molecule has 332 valence electrons. The van der Waals surface area contributed by atoms with Crippen LogP contribution in [0.15, 0.2) is 48.6 Å². The van der Waals surface area contributed by atoms with Gasteiger partial charge in [-0.15, -0.1) is 0 Å². The van der Waals surface area contributed by atoms with Crippen LogP contribution in [0.3, 0.4) is 0 Å². The van der Waals surface area contributed by atoms with E-state index in [2.05, 4.69) is 55.6 Å². The van der Waals surface area contributed by atoms with Crippen LogP contribution in [0.25, 0.3) is 0 Å². The lowest BCUT2D eigenvalue weighted by atomic mass is 10.1. The van der Waals surface area contributed by atoms with E-state index in [0.29, 0.717) is 19.4 Å². The molecule has 0 aliphatic heterocycles. The zero-order valence-electron chi connectivity index (χ0n) is 37.6. The van der Waals surface area contributed by atoms with Crippen molar-refractivity contribution in [1.82, 2.24) is 5.32 Å². The molecule has 0 spiro atoms. The molecular weight excluding hydrogens is 707 g/mol. The van der Waals surface area contributed by atoms with Crippen molar-refractivity contribution >= 4 is 11.9 Å². The van der Waals surface area contributed by atoms with Gasteiger partial charge in [0, 0.05) is 12.8 Å². The second-order valence-electron chi connectivity index (χ2n) is 16.4. The van der Waals surface area contributed by atoms with Crippen LogP contribution in [0.4, 0.5) is 0 Å². The van der Waals surface area contributed by atoms with Crippen molar-refractivity contribution in [2.45, 2.75) is 251 Å². The van der Waals surface area contributed by atoms with Gasteiger partial charge in [-0.05, 0) is 89.9 Å². The molecule has 0 radical (unpaired) electrons. The van der Waals surface area contributed by atoms with Gasteiger partial charge in [0.2, 0.25) is 5.91 Å². The lowest BCUT2D eigenvalue weighted by Crippen LogP contribution is -2.45. The molecule has 0 aliphatic rings. The van der Waals surface area contributed by atoms with E-state index in [1.54, 1.807) is 6.08 Å². The van der Waals surface area contributed by atoms with Crippen LogP contribution in [0, 0.1) is 0 Å². The van der Waals surface area contributed by atoms with Gasteiger partial charge >= 0.3 is 5.97 Å². The van der Waals surface area contributed by atoms with Crippen LogP contribution in [-0.4, -0.2) is 47.4 Å². The number of allylic oxidation sites excluding steroid dienone is 7. The average molecular weight is 800 g/mol. The fourth-order valence-corrected chi connectivity index (χ4v) is 7.01. The number of aliphatic hydroxyl groups excluding tert-OH is 2. The Kier molecular flexibility index (Phi) is 44.7. The minimum absolute atomic E-state index is 0.0266. The first-order valence-corrected chi connectivity index (χ1v) is 24.4. The van der Waals surface area contributed by atoms with Crippen LogP contribution in [-0.2, 0) is 14.3 Å². The molecule has 0 aromatic carbocycles. The van der Waals surface area contributed by atoms with Gasteiger partial charge in [-0.2, -0.15) is 0 Å². The number of hydrogen-bond acceptors (Lipinski definition) is 5. The maximum Gasteiger partial charge on any atom is 0.305 e. The SMILES string of the molecule is CCCCC/C=C\C/C=C\CCCCCCCC(=O)OCCCCCC/C=C\CCCCCCCCCC(=O)NC(CO)C(O)/C=C/CCCCCCCCCC. The lowest BCUT2D eigenvalue weighted by Gasteiger charge is -2.20. The Morgan fingerprint density at radius 3 is 1.39 bits per heavy atom. The van der Waals surface area contributed by atoms with E-state index in [1.165, 1.54) is 128 Å². The lowest BCUT2D eigenvalue weighted by molar-refractivity contribution is -0.143. The summed E-state index contributed by atoms with van der Waals surface area (Å²) < 4.78 is 5.44. The first kappa shape index (κ1) is 54.8. The molecule has 0 bridgehead atoms. The minimum Gasteiger partial charge on any atom is -0.466 e. The predicted molar refractivity (Wildman–Crippen MR) is 245 cm³/mol. The molecule has 6 nitrogen and oxygen atoms in total. The monoisotopic (exact) mass is 800 g/mol. The van der Waals surface area contributed by atoms with E-state index in [4.69, 9.17) is 4.74 Å². The van der Waals surface area contributed by atoms with Gasteiger partial charge < -0.3 is 20.3 Å². The van der Waals surface area contributed by atoms with Gasteiger partial charge in [0.15, 0.2) is 0 Å². The summed E-state index contributed by atoms with van der Waals surface area (Å²) >= 11 is 0. The maximum atomic E-state index is 12.4. The molecule has 2 unspecified atom stereocenters. The summed E-state index contributed by atoms with van der Waals surface area (Å²) in [5, 5.41) is 22.9. The summed E-state index contributed by atoms with van der Waals surface area (Å²) in [4.78, 5) is 24.4. The second kappa shape index (κ2) is 46.5. The number of ether oxygens (including phenoxy) is 1. The number of rotatable bonds is 44. The zero-order valence-corrected chi connectivity index (χ0v) is 37.6. The number of nitrogens with one attached hydrogen (secondary N) is 1. The van der Waals surface area contributed by atoms with Gasteiger partial charge in [-0.3, -0.25) is 9.59 Å². The van der Waals surface area contributed by atoms with E-state index < -0.39 is 12.1 Å². The fourth-order valence-electron chi connectivity index (χ4n) is 7.01. The Labute approximate surface area is 353 Å². The van der Waals surface area contributed by atoms with Crippen molar-refractivity contribution in [3.8, 4) is 0 Å². The molecule has 6 heteroatoms. The molecule has 0 aromatic rings. The highest BCUT2D eigenvalue weighted by Gasteiger charge is 2.18. The highest BCUT2D eigenvalue weighted by atomic mass is 16.5. The molecule has 0 rings (SSSR count). The first-order valence-electron chi connectivity index (χ1n) is 24.4. The van der Waals surface area contributed by atoms with Crippen molar-refractivity contribution in [1.29, 1.82) is 0 Å². The van der Waals surface area contributed by atoms with Gasteiger partial charge in [0.05, 0.1) is 25.4 Å². The Hall–Kier alpha value is -2.18. The van der Waals surface area contributed by atoms with Gasteiger partial charge in [-0.1, -0.05) is 184 Å². The summed E-state index contributed by atoms with van der Waals surface area (Å²) in [5.41, 5.74) is 0. The minimum atomic E-state index is -0.853. The number of esters is 1. The normalized spacial score (nSPS) is 13.1. The Morgan fingerprint density at radius 1 is 0.491 bits per heavy atom. The van der Waals surface area contributed by atoms with E-state index in [9.17, 15) is 19.8 Å². The largest absolute Gasteiger partial charge is 0.466 e. The molecule has 2 atom stereocenters. The summed E-state index contributed by atoms with van der Waals surface area (Å²) in [5.74, 6) is -0.114. The number of aliphatic hydroxyl groups is 2. The molecule has 0 saturated carbocycles. The van der Waals surface area contributed by atoms with Gasteiger partial charge in [0.1, 0.15) is 0 Å². The summed E-state index contributed by atoms with van der Waals surface area (Å²) in [6, 6.07) is -0.638. The van der Waals surface area contributed by atoms with Crippen molar-refractivity contribution < 1.29 is 24.5 Å². The topological polar surface area (TPSA) is 95.9 Å². The van der Waals surface area contributed by atoms with Crippen molar-refractivity contribution in [2.24, 2.45) is 0 Å². The number of unbranched alkanes of at least 4 members (excludes halogenated alkanes) is 27. The molecular formula is C51H93NO5. The van der Waals surface area contributed by atoms with Crippen LogP contribution in [0.1, 0.15) is 239 Å². The second-order valence-corrected chi connectivity index (χ2v) is 16.4. The highest BCUT2D eigenvalue weighted by molar-refractivity contribution is 5.76. The highest BCUT2D eigenvalue weighted by Crippen LogP contribution is 2.13. The number of hydrogen-bond donors (Lipinski definition) is 3. The predicted octanol–water partition coefficient (Wildman–Crippen LogP) is 14.3. The van der Waals surface area contributed by atoms with Crippen molar-refractivity contribution in [3.05, 3.63) is 48.6 Å². The Morgan fingerprint density at radius 2 is 0.877 bits per heavy atom. The van der Waals surface area contributed by atoms with E-state index >= 15 is 0 Å². The van der Waals surface area contributed by atoms with Crippen LogP contribution < -0.4 is 5.32 Å². The van der Waals surface area contributed by atoms with Crippen LogP contribution in [0.5, 0.6) is 0 Å². The molecule has 1 amide bonds. The third kappa shape index (κ3) is 43.2. The Bertz CT molecular complexity index is 973. The molecule has 0 aromatic heterocycles.